The van der Waals surface area contributed by atoms with E-state index in [4.69, 9.17) is 18.9 Å². The lowest BCUT2D eigenvalue weighted by molar-refractivity contribution is 0.171. The summed E-state index contributed by atoms with van der Waals surface area (Å²) < 4.78 is 21.4. The molecule has 0 radical (unpaired) electrons. The molecule has 0 aromatic carbocycles. The molecular formula is C14H16O4S2. The maximum atomic E-state index is 5.46. The van der Waals surface area contributed by atoms with Crippen LogP contribution in [0.3, 0.4) is 0 Å². The Morgan fingerprint density at radius 1 is 0.750 bits per heavy atom. The Kier molecular flexibility index (Phi) is 4.03. The second kappa shape index (κ2) is 5.93. The van der Waals surface area contributed by atoms with E-state index in [1.807, 2.05) is 10.8 Å². The van der Waals surface area contributed by atoms with Gasteiger partial charge in [-0.25, -0.2) is 0 Å². The van der Waals surface area contributed by atoms with Crippen molar-refractivity contribution < 1.29 is 18.9 Å². The molecule has 4 rings (SSSR count). The number of aryl methyl sites for hydroxylation is 2. The van der Waals surface area contributed by atoms with Crippen LogP contribution in [0.4, 0.5) is 0 Å². The van der Waals surface area contributed by atoms with Crippen molar-refractivity contribution in [3.8, 4) is 23.0 Å². The molecular weight excluding hydrogens is 296 g/mol. The Hall–Kier alpha value is -1.40. The van der Waals surface area contributed by atoms with Gasteiger partial charge in [0.2, 0.25) is 0 Å². The molecule has 108 valence electrons. The summed E-state index contributed by atoms with van der Waals surface area (Å²) in [7, 11) is 0. The summed E-state index contributed by atoms with van der Waals surface area (Å²) in [5.74, 6) is 3.70. The molecule has 0 saturated heterocycles. The van der Waals surface area contributed by atoms with Gasteiger partial charge in [0.05, 0.1) is 0 Å². The number of hydrogen-bond acceptors (Lipinski definition) is 6. The van der Waals surface area contributed by atoms with Crippen molar-refractivity contribution in [1.82, 2.24) is 0 Å². The molecule has 20 heavy (non-hydrogen) atoms. The van der Waals surface area contributed by atoms with Crippen LogP contribution in [-0.4, -0.2) is 26.4 Å². The third kappa shape index (κ3) is 2.71. The minimum Gasteiger partial charge on any atom is -0.485 e. The van der Waals surface area contributed by atoms with E-state index in [0.717, 1.165) is 23.0 Å². The summed E-state index contributed by atoms with van der Waals surface area (Å²) in [5.41, 5.74) is 0. The maximum Gasteiger partial charge on any atom is 0.175 e. The van der Waals surface area contributed by atoms with Crippen molar-refractivity contribution in [2.75, 3.05) is 26.4 Å². The van der Waals surface area contributed by atoms with Crippen molar-refractivity contribution >= 4 is 22.7 Å². The molecule has 4 nitrogen and oxygen atoms in total. The first-order chi connectivity index (χ1) is 9.75. The van der Waals surface area contributed by atoms with E-state index >= 15 is 0 Å². The van der Waals surface area contributed by atoms with Gasteiger partial charge in [0, 0.05) is 20.5 Å². The minimum atomic E-state index is 0.684. The van der Waals surface area contributed by atoms with Crippen LogP contribution in [0, 0.1) is 13.8 Å². The molecule has 2 aliphatic heterocycles. The quantitative estimate of drug-likeness (QED) is 0.744. The van der Waals surface area contributed by atoms with Gasteiger partial charge >= 0.3 is 0 Å². The first kappa shape index (κ1) is 13.6. The molecule has 0 amide bonds. The van der Waals surface area contributed by atoms with Gasteiger partial charge in [0.25, 0.3) is 0 Å². The number of rotatable bonds is 0. The van der Waals surface area contributed by atoms with E-state index in [1.165, 1.54) is 9.75 Å². The predicted molar refractivity (Wildman–Crippen MR) is 80.1 cm³/mol. The third-order valence-corrected chi connectivity index (χ3v) is 4.60. The highest BCUT2D eigenvalue weighted by Crippen LogP contribution is 2.42. The maximum absolute atomic E-state index is 5.46. The van der Waals surface area contributed by atoms with Gasteiger partial charge in [0.15, 0.2) is 23.0 Å². The zero-order valence-electron chi connectivity index (χ0n) is 11.4. The second-order valence-corrected chi connectivity index (χ2v) is 6.54. The average Bonchev–Trinajstić information content (AvgIpc) is 3.06. The van der Waals surface area contributed by atoms with Crippen molar-refractivity contribution in [3.05, 3.63) is 20.5 Å². The Morgan fingerprint density at radius 3 is 1.70 bits per heavy atom. The molecule has 0 saturated carbocycles. The van der Waals surface area contributed by atoms with Crippen LogP contribution in [0.15, 0.2) is 10.8 Å². The van der Waals surface area contributed by atoms with Crippen LogP contribution in [0.25, 0.3) is 0 Å². The standard InChI is InChI=1S/C8H10O2S.C6H6O2S/c1-5-7-8(6(2)11-5)10-4-3-9-7;1-2-8-6-4-9-3-5(6)7-1/h3-4H2,1-2H3;3-4H,1-2H2. The fourth-order valence-electron chi connectivity index (χ4n) is 2.05. The third-order valence-electron chi connectivity index (χ3n) is 2.92. The van der Waals surface area contributed by atoms with Crippen LogP contribution < -0.4 is 18.9 Å². The first-order valence-electron chi connectivity index (χ1n) is 6.43. The minimum absolute atomic E-state index is 0.684. The number of fused-ring (bicyclic) bond motifs is 2. The monoisotopic (exact) mass is 312 g/mol. The van der Waals surface area contributed by atoms with Crippen LogP contribution >= 0.6 is 22.7 Å². The zero-order chi connectivity index (χ0) is 13.9. The molecule has 0 spiro atoms. The molecule has 4 heterocycles. The first-order valence-corrected chi connectivity index (χ1v) is 8.19. The Bertz CT molecular complexity index is 541. The van der Waals surface area contributed by atoms with Gasteiger partial charge in [-0.1, -0.05) is 0 Å². The van der Waals surface area contributed by atoms with E-state index < -0.39 is 0 Å². The number of hydrogen-bond donors (Lipinski definition) is 0. The topological polar surface area (TPSA) is 36.9 Å². The van der Waals surface area contributed by atoms with Gasteiger partial charge in [-0.05, 0) is 13.8 Å². The molecule has 2 aromatic heterocycles. The van der Waals surface area contributed by atoms with Gasteiger partial charge in [-0.15, -0.1) is 22.7 Å². The highest BCUT2D eigenvalue weighted by atomic mass is 32.1. The van der Waals surface area contributed by atoms with Crippen LogP contribution in [0.1, 0.15) is 9.75 Å². The Morgan fingerprint density at radius 2 is 1.20 bits per heavy atom. The van der Waals surface area contributed by atoms with Crippen LogP contribution in [-0.2, 0) is 0 Å². The molecule has 0 bridgehead atoms. The molecule has 2 aromatic rings. The van der Waals surface area contributed by atoms with E-state index in [-0.39, 0.29) is 0 Å². The molecule has 0 unspecified atom stereocenters. The molecule has 0 atom stereocenters. The predicted octanol–water partition coefficient (Wildman–Crippen LogP) is 3.66. The highest BCUT2D eigenvalue weighted by Gasteiger charge is 2.19. The summed E-state index contributed by atoms with van der Waals surface area (Å²) in [6.07, 6.45) is 0. The SMILES string of the molecule is Cc1sc(C)c2c1OCCO2.c1scc2c1OCCO2. The fourth-order valence-corrected chi connectivity index (χ4v) is 3.68. The number of ether oxygens (including phenoxy) is 4. The second-order valence-electron chi connectivity index (χ2n) is 4.37. The summed E-state index contributed by atoms with van der Waals surface area (Å²) >= 11 is 3.34. The summed E-state index contributed by atoms with van der Waals surface area (Å²) in [6.45, 7) is 6.86. The van der Waals surface area contributed by atoms with Crippen LogP contribution in [0.5, 0.6) is 23.0 Å². The summed E-state index contributed by atoms with van der Waals surface area (Å²) in [4.78, 5) is 2.44. The van der Waals surface area contributed by atoms with E-state index in [9.17, 15) is 0 Å². The highest BCUT2D eigenvalue weighted by molar-refractivity contribution is 7.12. The Labute approximate surface area is 125 Å². The van der Waals surface area contributed by atoms with Crippen molar-refractivity contribution in [3.63, 3.8) is 0 Å². The van der Waals surface area contributed by atoms with E-state index in [2.05, 4.69) is 13.8 Å². The fraction of sp³-hybridized carbons (Fsp3) is 0.429. The van der Waals surface area contributed by atoms with Crippen molar-refractivity contribution in [1.29, 1.82) is 0 Å². The van der Waals surface area contributed by atoms with Gasteiger partial charge in [0.1, 0.15) is 26.4 Å². The molecule has 6 heteroatoms. The van der Waals surface area contributed by atoms with Crippen molar-refractivity contribution in [2.24, 2.45) is 0 Å². The normalized spacial score (nSPS) is 15.3. The molecule has 0 fully saturated rings. The van der Waals surface area contributed by atoms with Gasteiger partial charge in [-0.2, -0.15) is 0 Å². The lowest BCUT2D eigenvalue weighted by Gasteiger charge is -2.15. The zero-order valence-corrected chi connectivity index (χ0v) is 13.1. The van der Waals surface area contributed by atoms with Gasteiger partial charge < -0.3 is 18.9 Å². The lowest BCUT2D eigenvalue weighted by Crippen LogP contribution is -2.14. The van der Waals surface area contributed by atoms with E-state index in [0.29, 0.717) is 26.4 Å². The summed E-state index contributed by atoms with van der Waals surface area (Å²) in [5, 5.41) is 3.91. The van der Waals surface area contributed by atoms with Crippen LogP contribution in [0.2, 0.25) is 0 Å². The molecule has 2 aliphatic rings. The smallest absolute Gasteiger partial charge is 0.175 e. The molecule has 0 N–H and O–H groups in total. The van der Waals surface area contributed by atoms with Crippen molar-refractivity contribution in [2.45, 2.75) is 13.8 Å². The van der Waals surface area contributed by atoms with Gasteiger partial charge in [-0.3, -0.25) is 0 Å². The lowest BCUT2D eigenvalue weighted by atomic mass is 10.3. The number of thiophene rings is 2. The average molecular weight is 312 g/mol. The summed E-state index contributed by atoms with van der Waals surface area (Å²) in [6, 6.07) is 0. The largest absolute Gasteiger partial charge is 0.485 e. The molecule has 0 aliphatic carbocycles. The Balaban J connectivity index is 0.000000123. The van der Waals surface area contributed by atoms with E-state index in [1.54, 1.807) is 22.7 Å².